The van der Waals surface area contributed by atoms with Gasteiger partial charge in [-0.3, -0.25) is 0 Å². The van der Waals surface area contributed by atoms with E-state index in [0.29, 0.717) is 24.0 Å². The Bertz CT molecular complexity index is 595. The van der Waals surface area contributed by atoms with Crippen molar-refractivity contribution in [3.05, 3.63) is 65.5 Å². The monoisotopic (exact) mass is 283 g/mol. The van der Waals surface area contributed by atoms with Gasteiger partial charge < -0.3 is 0 Å². The molecular formula is C14H12F3NS. The number of hydrogen-bond acceptors (Lipinski definition) is 1. The summed E-state index contributed by atoms with van der Waals surface area (Å²) in [5, 5.41) is 0. The topological polar surface area (TPSA) is 12.4 Å². The van der Waals surface area contributed by atoms with Crippen molar-refractivity contribution >= 4 is 17.2 Å². The first-order valence-electron chi connectivity index (χ1n) is 5.77. The van der Waals surface area contributed by atoms with Gasteiger partial charge in [0.15, 0.2) is 0 Å². The molecule has 0 saturated heterocycles. The molecule has 0 aliphatic carbocycles. The molecule has 19 heavy (non-hydrogen) atoms. The molecule has 0 unspecified atom stereocenters. The first-order valence-corrected chi connectivity index (χ1v) is 6.75. The lowest BCUT2D eigenvalue weighted by atomic mass is 10.0. The molecule has 0 heterocycles. The quantitative estimate of drug-likeness (QED) is 0.763. The Morgan fingerprint density at radius 2 is 1.42 bits per heavy atom. The van der Waals surface area contributed by atoms with Gasteiger partial charge in [0, 0.05) is 0 Å². The van der Waals surface area contributed by atoms with Crippen LogP contribution < -0.4 is 0 Å². The van der Waals surface area contributed by atoms with Gasteiger partial charge in [-0.2, -0.15) is 4.36 Å². The Morgan fingerprint density at radius 3 is 2.11 bits per heavy atom. The van der Waals surface area contributed by atoms with E-state index < -0.39 is 11.5 Å². The minimum atomic E-state index is -2.98. The van der Waals surface area contributed by atoms with Crippen molar-refractivity contribution in [3.63, 3.8) is 0 Å². The van der Waals surface area contributed by atoms with Crippen molar-refractivity contribution in [1.82, 2.24) is 0 Å². The molecule has 0 spiro atoms. The van der Waals surface area contributed by atoms with E-state index in [1.54, 1.807) is 42.5 Å². The minimum absolute atomic E-state index is 0.271. The van der Waals surface area contributed by atoms with Gasteiger partial charge in [-0.15, -0.1) is 7.77 Å². The molecule has 5 heteroatoms. The third kappa shape index (κ3) is 3.92. The second kappa shape index (κ2) is 6.52. The van der Waals surface area contributed by atoms with Gasteiger partial charge in [-0.25, -0.2) is 4.39 Å². The Morgan fingerprint density at radius 1 is 0.842 bits per heavy atom. The van der Waals surface area contributed by atoms with Crippen molar-refractivity contribution in [2.24, 2.45) is 4.36 Å². The molecule has 0 aliphatic rings. The fourth-order valence-corrected chi connectivity index (χ4v) is 2.18. The maximum Gasteiger partial charge on any atom is 0.266 e. The van der Waals surface area contributed by atoms with Crippen molar-refractivity contribution in [1.29, 1.82) is 0 Å². The van der Waals surface area contributed by atoms with E-state index in [-0.39, 0.29) is 11.5 Å². The first-order chi connectivity index (χ1) is 9.16. The average molecular weight is 283 g/mol. The second-order valence-corrected chi connectivity index (χ2v) is 4.58. The third-order valence-corrected chi connectivity index (χ3v) is 3.12. The second-order valence-electron chi connectivity index (χ2n) is 4.01. The zero-order chi connectivity index (χ0) is 13.7. The van der Waals surface area contributed by atoms with Crippen molar-refractivity contribution in [2.75, 3.05) is 0 Å². The van der Waals surface area contributed by atoms with Crippen molar-refractivity contribution in [3.8, 4) is 0 Å². The summed E-state index contributed by atoms with van der Waals surface area (Å²) in [6, 6.07) is 13.2. The van der Waals surface area contributed by atoms with Crippen LogP contribution in [0.3, 0.4) is 0 Å². The fraction of sp³-hybridized carbons (Fsp3) is 0.143. The lowest BCUT2D eigenvalue weighted by Gasteiger charge is -2.06. The summed E-state index contributed by atoms with van der Waals surface area (Å²) in [4.78, 5) is 0. The molecule has 0 radical (unpaired) electrons. The van der Waals surface area contributed by atoms with Crippen molar-refractivity contribution in [2.45, 2.75) is 12.8 Å². The highest BCUT2D eigenvalue weighted by Crippen LogP contribution is 2.22. The smallest absolute Gasteiger partial charge is 0.207 e. The number of hydrogen-bond donors (Lipinski definition) is 0. The number of nitrogens with zero attached hydrogens (tertiary/aromatic N) is 1. The zero-order valence-electron chi connectivity index (χ0n) is 10.0. The zero-order valence-corrected chi connectivity index (χ0v) is 10.8. The average Bonchev–Trinajstić information content (AvgIpc) is 2.39. The van der Waals surface area contributed by atoms with Crippen LogP contribution >= 0.6 is 0 Å². The van der Waals surface area contributed by atoms with Gasteiger partial charge in [0.25, 0.3) is 11.5 Å². The largest absolute Gasteiger partial charge is 0.266 e. The maximum absolute atomic E-state index is 13.5. The maximum atomic E-state index is 13.5. The summed E-state index contributed by atoms with van der Waals surface area (Å²) < 4.78 is 41.4. The molecular weight excluding hydrogens is 271 g/mol. The van der Waals surface area contributed by atoms with Crippen LogP contribution in [-0.4, -0.2) is 0 Å². The first kappa shape index (κ1) is 13.8. The van der Waals surface area contributed by atoms with Crippen LogP contribution in [0.4, 0.5) is 17.8 Å². The van der Waals surface area contributed by atoms with Gasteiger partial charge in [0.05, 0.1) is 5.69 Å². The predicted octanol–water partition coefficient (Wildman–Crippen LogP) is 4.81. The SMILES string of the molecule is Fc1ccccc1CCc1ccccc1N=S(F)F. The van der Waals surface area contributed by atoms with Crippen LogP contribution in [0.15, 0.2) is 52.9 Å². The Balaban J connectivity index is 2.16. The van der Waals surface area contributed by atoms with Gasteiger partial charge >= 0.3 is 0 Å². The molecule has 0 fully saturated rings. The van der Waals surface area contributed by atoms with Crippen LogP contribution in [0.1, 0.15) is 11.1 Å². The van der Waals surface area contributed by atoms with Crippen LogP contribution in [-0.2, 0) is 24.3 Å². The summed E-state index contributed by atoms with van der Waals surface area (Å²) in [5.41, 5.74) is 1.57. The highest BCUT2D eigenvalue weighted by Gasteiger charge is 2.05. The van der Waals surface area contributed by atoms with Gasteiger partial charge in [-0.1, -0.05) is 36.4 Å². The van der Waals surface area contributed by atoms with Crippen LogP contribution in [0, 0.1) is 5.82 Å². The van der Waals surface area contributed by atoms with E-state index in [4.69, 9.17) is 0 Å². The van der Waals surface area contributed by atoms with Gasteiger partial charge in [0.1, 0.15) is 5.82 Å². The van der Waals surface area contributed by atoms with Crippen molar-refractivity contribution < 1.29 is 12.2 Å². The van der Waals surface area contributed by atoms with E-state index in [2.05, 4.69) is 4.36 Å². The molecule has 0 bridgehead atoms. The van der Waals surface area contributed by atoms with E-state index >= 15 is 0 Å². The number of aryl methyl sites for hydroxylation is 2. The summed E-state index contributed by atoms with van der Waals surface area (Å²) in [6.45, 7) is 0. The van der Waals surface area contributed by atoms with Gasteiger partial charge in [-0.05, 0) is 36.1 Å². The molecule has 2 rings (SSSR count). The molecule has 0 aliphatic heterocycles. The molecule has 0 aromatic heterocycles. The molecule has 0 N–H and O–H groups in total. The van der Waals surface area contributed by atoms with Crippen LogP contribution in [0.25, 0.3) is 0 Å². The summed E-state index contributed by atoms with van der Waals surface area (Å²) >= 11 is -2.98. The molecule has 0 amide bonds. The fourth-order valence-electron chi connectivity index (χ4n) is 1.86. The van der Waals surface area contributed by atoms with E-state index in [1.165, 1.54) is 6.07 Å². The number of benzene rings is 2. The van der Waals surface area contributed by atoms with E-state index in [0.717, 1.165) is 0 Å². The highest BCUT2D eigenvalue weighted by molar-refractivity contribution is 7.76. The third-order valence-electron chi connectivity index (χ3n) is 2.78. The Hall–Kier alpha value is -1.62. The minimum Gasteiger partial charge on any atom is -0.207 e. The predicted molar refractivity (Wildman–Crippen MR) is 71.9 cm³/mol. The lowest BCUT2D eigenvalue weighted by molar-refractivity contribution is 0.608. The van der Waals surface area contributed by atoms with Crippen LogP contribution in [0.2, 0.25) is 0 Å². The van der Waals surface area contributed by atoms with E-state index in [1.807, 2.05) is 0 Å². The Labute approximate surface area is 112 Å². The van der Waals surface area contributed by atoms with Crippen LogP contribution in [0.5, 0.6) is 0 Å². The normalized spacial score (nSPS) is 10.7. The molecule has 0 saturated carbocycles. The summed E-state index contributed by atoms with van der Waals surface area (Å²) in [7, 11) is 0. The molecule has 2 aromatic carbocycles. The molecule has 2 aromatic rings. The molecule has 0 atom stereocenters. The molecule has 1 nitrogen and oxygen atoms in total. The summed E-state index contributed by atoms with van der Waals surface area (Å²) in [5.74, 6) is -0.271. The standard InChI is InChI=1S/C14H12F3NS/c15-13-7-3-1-5-11(13)9-10-12-6-2-4-8-14(12)18-19(16)17/h1-8H,9-10H2. The number of rotatable bonds is 4. The summed E-state index contributed by atoms with van der Waals surface area (Å²) in [6.07, 6.45) is 0.948. The van der Waals surface area contributed by atoms with Gasteiger partial charge in [0.2, 0.25) is 0 Å². The highest BCUT2D eigenvalue weighted by atomic mass is 32.2. The number of halogens is 3. The van der Waals surface area contributed by atoms with E-state index in [9.17, 15) is 12.2 Å². The lowest BCUT2D eigenvalue weighted by Crippen LogP contribution is -1.94. The molecule has 100 valence electrons. The Kier molecular flexibility index (Phi) is 4.74.